The lowest BCUT2D eigenvalue weighted by atomic mass is 10.1. The summed E-state index contributed by atoms with van der Waals surface area (Å²) < 4.78 is 34.7. The van der Waals surface area contributed by atoms with Crippen LogP contribution in [0.25, 0.3) is 0 Å². The highest BCUT2D eigenvalue weighted by atomic mass is 35.5. The average molecular weight is 645 g/mol. The molecule has 0 radical (unpaired) electrons. The molecule has 3 rings (SSSR count). The molecule has 0 spiro atoms. The third-order valence-corrected chi connectivity index (χ3v) is 8.95. The lowest BCUT2D eigenvalue weighted by Crippen LogP contribution is -2.54. The third-order valence-electron chi connectivity index (χ3n) is 6.95. The minimum atomic E-state index is -4.60. The number of aryl methyl sites for hydroxylation is 1. The summed E-state index contributed by atoms with van der Waals surface area (Å²) in [5.41, 5.74) is 0.763. The number of sulfonamides is 1. The van der Waals surface area contributed by atoms with E-state index in [1.807, 2.05) is 30.3 Å². The highest BCUT2D eigenvalue weighted by molar-refractivity contribution is 7.92. The van der Waals surface area contributed by atoms with E-state index in [-0.39, 0.29) is 46.9 Å². The number of carbonyl (C=O) groups is 2. The summed E-state index contributed by atoms with van der Waals surface area (Å²) in [5, 5.41) is 14.7. The van der Waals surface area contributed by atoms with E-state index in [9.17, 15) is 28.1 Å². The monoisotopic (exact) mass is 644 g/mol. The molecule has 0 aliphatic heterocycles. The van der Waals surface area contributed by atoms with E-state index in [0.717, 1.165) is 15.9 Å². The molecule has 0 fully saturated rings. The van der Waals surface area contributed by atoms with Gasteiger partial charge in [-0.25, -0.2) is 8.42 Å². The Labute approximate surface area is 263 Å². The van der Waals surface area contributed by atoms with Crippen molar-refractivity contribution in [3.8, 4) is 5.75 Å². The van der Waals surface area contributed by atoms with E-state index in [1.54, 1.807) is 20.8 Å². The van der Waals surface area contributed by atoms with Crippen LogP contribution in [-0.4, -0.2) is 62.3 Å². The van der Waals surface area contributed by atoms with Gasteiger partial charge < -0.3 is 15.0 Å². The van der Waals surface area contributed by atoms with Crippen molar-refractivity contribution in [1.29, 1.82) is 0 Å². The molecule has 0 saturated carbocycles. The van der Waals surface area contributed by atoms with Crippen LogP contribution in [0.15, 0.2) is 71.6 Å². The highest BCUT2D eigenvalue weighted by Crippen LogP contribution is 2.36. The van der Waals surface area contributed by atoms with Gasteiger partial charge in [0.2, 0.25) is 11.8 Å². The molecule has 0 heterocycles. The molecule has 3 aromatic rings. The second-order valence-corrected chi connectivity index (χ2v) is 12.7. The van der Waals surface area contributed by atoms with Crippen LogP contribution in [0, 0.1) is 17.0 Å². The fraction of sp³-hybridized carbons (Fsp3) is 0.355. The number of halogens is 1. The van der Waals surface area contributed by atoms with E-state index >= 15 is 0 Å². The van der Waals surface area contributed by atoms with Gasteiger partial charge in [-0.1, -0.05) is 54.9 Å². The quantitative estimate of drug-likeness (QED) is 0.189. The summed E-state index contributed by atoms with van der Waals surface area (Å²) in [5.74, 6) is -0.917. The van der Waals surface area contributed by atoms with Crippen molar-refractivity contribution >= 4 is 44.8 Å². The third kappa shape index (κ3) is 8.26. The smallest absolute Gasteiger partial charge is 0.273 e. The van der Waals surface area contributed by atoms with Gasteiger partial charge in [0.1, 0.15) is 18.3 Å². The summed E-state index contributed by atoms with van der Waals surface area (Å²) in [6, 6.07) is 16.1. The largest absolute Gasteiger partial charge is 0.495 e. The topological polar surface area (TPSA) is 139 Å². The SMILES string of the molecule is CCC(C(=O)NC(C)C)N(CCc1ccccc1)C(=O)CN(c1cc(Cl)ccc1OC)S(=O)(=O)c1ccc(C)c([N+](=O)[O-])c1. The lowest BCUT2D eigenvalue weighted by Gasteiger charge is -2.34. The van der Waals surface area contributed by atoms with Crippen molar-refractivity contribution in [1.82, 2.24) is 10.2 Å². The molecule has 0 aliphatic rings. The summed E-state index contributed by atoms with van der Waals surface area (Å²) in [6.07, 6.45) is 0.686. The van der Waals surface area contributed by atoms with Crippen LogP contribution in [0.5, 0.6) is 5.75 Å². The van der Waals surface area contributed by atoms with Crippen molar-refractivity contribution in [2.24, 2.45) is 0 Å². The van der Waals surface area contributed by atoms with Gasteiger partial charge in [0.25, 0.3) is 15.7 Å². The van der Waals surface area contributed by atoms with Crippen molar-refractivity contribution in [3.63, 3.8) is 0 Å². The number of carbonyl (C=O) groups excluding carboxylic acids is 2. The molecule has 1 unspecified atom stereocenters. The second kappa shape index (κ2) is 15.0. The van der Waals surface area contributed by atoms with Crippen LogP contribution in [0.4, 0.5) is 11.4 Å². The first-order valence-electron chi connectivity index (χ1n) is 14.0. The Morgan fingerprint density at radius 1 is 1.07 bits per heavy atom. The Kier molecular flexibility index (Phi) is 11.7. The van der Waals surface area contributed by atoms with Gasteiger partial charge in [0.05, 0.1) is 22.6 Å². The van der Waals surface area contributed by atoms with Crippen molar-refractivity contribution in [3.05, 3.63) is 93.0 Å². The maximum atomic E-state index is 14.2. The number of ether oxygens (including phenoxy) is 1. The van der Waals surface area contributed by atoms with Crippen LogP contribution in [0.1, 0.15) is 38.3 Å². The molecule has 1 N–H and O–H groups in total. The number of methoxy groups -OCH3 is 1. The van der Waals surface area contributed by atoms with Gasteiger partial charge in [-0.05, 0) is 63.4 Å². The van der Waals surface area contributed by atoms with Crippen molar-refractivity contribution in [2.45, 2.75) is 57.5 Å². The Morgan fingerprint density at radius 3 is 2.34 bits per heavy atom. The Morgan fingerprint density at radius 2 is 1.75 bits per heavy atom. The van der Waals surface area contributed by atoms with Crippen LogP contribution >= 0.6 is 11.6 Å². The fourth-order valence-corrected chi connectivity index (χ4v) is 6.32. The molecule has 1 atom stereocenters. The number of benzene rings is 3. The molecular formula is C31H37ClN4O7S. The molecule has 0 aromatic heterocycles. The van der Waals surface area contributed by atoms with Crippen LogP contribution in [0.3, 0.4) is 0 Å². The van der Waals surface area contributed by atoms with E-state index < -0.39 is 44.0 Å². The van der Waals surface area contributed by atoms with Gasteiger partial charge in [-0.3, -0.25) is 24.0 Å². The summed E-state index contributed by atoms with van der Waals surface area (Å²) in [4.78, 5) is 39.4. The minimum absolute atomic E-state index is 0.0423. The molecule has 13 heteroatoms. The highest BCUT2D eigenvalue weighted by Gasteiger charge is 2.35. The molecule has 236 valence electrons. The predicted molar refractivity (Wildman–Crippen MR) is 170 cm³/mol. The predicted octanol–water partition coefficient (Wildman–Crippen LogP) is 5.14. The lowest BCUT2D eigenvalue weighted by molar-refractivity contribution is -0.385. The zero-order valence-corrected chi connectivity index (χ0v) is 26.9. The van der Waals surface area contributed by atoms with E-state index in [1.165, 1.54) is 49.3 Å². The minimum Gasteiger partial charge on any atom is -0.495 e. The number of hydrogen-bond donors (Lipinski definition) is 1. The summed E-state index contributed by atoms with van der Waals surface area (Å²) in [6.45, 7) is 6.27. The molecule has 0 aliphatic carbocycles. The number of nitrogens with one attached hydrogen (secondary N) is 1. The summed E-state index contributed by atoms with van der Waals surface area (Å²) >= 11 is 6.27. The number of nitro groups is 1. The number of amides is 2. The molecule has 0 bridgehead atoms. The van der Waals surface area contributed by atoms with Gasteiger partial charge in [0, 0.05) is 29.2 Å². The average Bonchev–Trinajstić information content (AvgIpc) is 2.97. The first-order chi connectivity index (χ1) is 20.8. The Balaban J connectivity index is 2.14. The molecule has 2 amide bonds. The Bertz CT molecular complexity index is 1600. The Hall–Kier alpha value is -4.16. The maximum absolute atomic E-state index is 14.2. The summed E-state index contributed by atoms with van der Waals surface area (Å²) in [7, 11) is -3.26. The number of hydrogen-bond acceptors (Lipinski definition) is 7. The molecule has 44 heavy (non-hydrogen) atoms. The van der Waals surface area contributed by atoms with E-state index in [4.69, 9.17) is 16.3 Å². The van der Waals surface area contributed by atoms with E-state index in [2.05, 4.69) is 5.32 Å². The first kappa shape index (κ1) is 34.3. The van der Waals surface area contributed by atoms with Crippen LogP contribution < -0.4 is 14.4 Å². The first-order valence-corrected chi connectivity index (χ1v) is 15.9. The van der Waals surface area contributed by atoms with Crippen molar-refractivity contribution in [2.75, 3.05) is 24.5 Å². The van der Waals surface area contributed by atoms with E-state index in [0.29, 0.717) is 6.42 Å². The normalized spacial score (nSPS) is 12.0. The number of nitrogens with zero attached hydrogens (tertiary/aromatic N) is 3. The molecule has 0 saturated heterocycles. The van der Waals surface area contributed by atoms with Gasteiger partial charge >= 0.3 is 0 Å². The van der Waals surface area contributed by atoms with Crippen molar-refractivity contribution < 1.29 is 27.7 Å². The van der Waals surface area contributed by atoms with Crippen LogP contribution in [0.2, 0.25) is 5.02 Å². The molecule has 11 nitrogen and oxygen atoms in total. The van der Waals surface area contributed by atoms with Gasteiger partial charge in [0.15, 0.2) is 0 Å². The molecule has 3 aromatic carbocycles. The number of rotatable bonds is 14. The maximum Gasteiger partial charge on any atom is 0.273 e. The zero-order chi connectivity index (χ0) is 32.6. The van der Waals surface area contributed by atoms with Crippen LogP contribution in [-0.2, 0) is 26.0 Å². The van der Waals surface area contributed by atoms with Gasteiger partial charge in [-0.15, -0.1) is 0 Å². The fourth-order valence-electron chi connectivity index (χ4n) is 4.72. The standard InChI is InChI=1S/C31H37ClN4O7S/c1-6-26(31(38)33-21(2)3)34(17-16-23-10-8-7-9-11-23)30(37)20-35(28-18-24(32)13-15-29(28)43-5)44(41,42)25-14-12-22(4)27(19-25)36(39)40/h7-15,18-19,21,26H,6,16-17,20H2,1-5H3,(H,33,38). The zero-order valence-electron chi connectivity index (χ0n) is 25.3. The number of anilines is 1. The second-order valence-electron chi connectivity index (χ2n) is 10.4. The number of nitro benzene ring substituents is 1. The molecular weight excluding hydrogens is 608 g/mol. The van der Waals surface area contributed by atoms with Gasteiger partial charge in [-0.2, -0.15) is 0 Å².